The number of nitriles is 1. The maximum atomic E-state index is 12.1. The Bertz CT molecular complexity index is 395. The van der Waals surface area contributed by atoms with Crippen LogP contribution >= 0.6 is 11.8 Å². The molecule has 1 aromatic rings. The van der Waals surface area contributed by atoms with Gasteiger partial charge in [0.25, 0.3) is 0 Å². The monoisotopic (exact) mass is 260 g/mol. The molecule has 92 valence electrons. The van der Waals surface area contributed by atoms with E-state index >= 15 is 0 Å². The number of benzene rings is 1. The van der Waals surface area contributed by atoms with Crippen molar-refractivity contribution in [2.75, 3.05) is 6.54 Å². The fourth-order valence-electron chi connectivity index (χ4n) is 1.30. The van der Waals surface area contributed by atoms with Gasteiger partial charge in [0.1, 0.15) is 6.04 Å². The predicted octanol–water partition coefficient (Wildman–Crippen LogP) is 3.47. The third-order valence-corrected chi connectivity index (χ3v) is 2.72. The highest BCUT2D eigenvalue weighted by Gasteiger charge is 2.29. The van der Waals surface area contributed by atoms with Crippen LogP contribution in [0.5, 0.6) is 0 Å². The van der Waals surface area contributed by atoms with Gasteiger partial charge in [-0.25, -0.2) is 0 Å². The van der Waals surface area contributed by atoms with E-state index in [1.54, 1.807) is 0 Å². The highest BCUT2D eigenvalue weighted by Crippen LogP contribution is 2.36. The second kappa shape index (κ2) is 5.94. The molecule has 1 aromatic carbocycles. The Morgan fingerprint density at radius 1 is 1.35 bits per heavy atom. The van der Waals surface area contributed by atoms with Crippen molar-refractivity contribution in [3.63, 3.8) is 0 Å². The Hall–Kier alpha value is -1.19. The molecule has 1 rings (SSSR count). The first kappa shape index (κ1) is 13.9. The van der Waals surface area contributed by atoms with Crippen LogP contribution in [-0.2, 0) is 0 Å². The lowest BCUT2D eigenvalue weighted by Crippen LogP contribution is -2.19. The summed E-state index contributed by atoms with van der Waals surface area (Å²) >= 11 is -0.161. The lowest BCUT2D eigenvalue weighted by atomic mass is 10.1. The van der Waals surface area contributed by atoms with Crippen molar-refractivity contribution in [3.05, 3.63) is 29.8 Å². The molecule has 0 aliphatic heterocycles. The number of halogens is 3. The van der Waals surface area contributed by atoms with E-state index in [9.17, 15) is 13.2 Å². The smallest absolute Gasteiger partial charge is 0.298 e. The molecule has 0 aromatic heterocycles. The first-order valence-electron chi connectivity index (χ1n) is 4.95. The summed E-state index contributed by atoms with van der Waals surface area (Å²) in [6.45, 7) is 2.48. The van der Waals surface area contributed by atoms with Crippen LogP contribution in [-0.4, -0.2) is 12.1 Å². The van der Waals surface area contributed by atoms with Gasteiger partial charge in [0.05, 0.1) is 6.07 Å². The summed E-state index contributed by atoms with van der Waals surface area (Å²) in [5, 5.41) is 11.8. The number of thioether (sulfide) groups is 1. The average Bonchev–Trinajstić information content (AvgIpc) is 2.25. The number of hydrogen-bond donors (Lipinski definition) is 1. The molecule has 0 aliphatic carbocycles. The predicted molar refractivity (Wildman–Crippen MR) is 60.4 cm³/mol. The van der Waals surface area contributed by atoms with Crippen LogP contribution in [0.3, 0.4) is 0 Å². The summed E-state index contributed by atoms with van der Waals surface area (Å²) in [4.78, 5) is 0.120. The molecule has 0 heterocycles. The summed E-state index contributed by atoms with van der Waals surface area (Å²) in [6.07, 6.45) is 0. The Morgan fingerprint density at radius 2 is 1.94 bits per heavy atom. The Kier molecular flexibility index (Phi) is 4.85. The highest BCUT2D eigenvalue weighted by molar-refractivity contribution is 8.00. The van der Waals surface area contributed by atoms with Gasteiger partial charge in [-0.3, -0.25) is 5.32 Å². The zero-order valence-electron chi connectivity index (χ0n) is 9.08. The van der Waals surface area contributed by atoms with Crippen molar-refractivity contribution >= 4 is 11.8 Å². The molecule has 0 fully saturated rings. The Labute approximate surface area is 102 Å². The van der Waals surface area contributed by atoms with Crippen molar-refractivity contribution in [2.45, 2.75) is 23.4 Å². The van der Waals surface area contributed by atoms with Crippen molar-refractivity contribution < 1.29 is 13.2 Å². The molecule has 2 nitrogen and oxygen atoms in total. The van der Waals surface area contributed by atoms with E-state index < -0.39 is 11.6 Å². The molecular formula is C11H11F3N2S. The number of alkyl halides is 3. The van der Waals surface area contributed by atoms with E-state index in [0.29, 0.717) is 12.1 Å². The quantitative estimate of drug-likeness (QED) is 0.842. The molecule has 0 saturated heterocycles. The maximum Gasteiger partial charge on any atom is 0.446 e. The van der Waals surface area contributed by atoms with E-state index in [0.717, 1.165) is 0 Å². The lowest BCUT2D eigenvalue weighted by molar-refractivity contribution is -0.0328. The van der Waals surface area contributed by atoms with Gasteiger partial charge in [0.2, 0.25) is 0 Å². The van der Waals surface area contributed by atoms with Gasteiger partial charge in [-0.15, -0.1) is 0 Å². The van der Waals surface area contributed by atoms with Crippen LogP contribution in [0.25, 0.3) is 0 Å². The van der Waals surface area contributed by atoms with E-state index in [2.05, 4.69) is 5.32 Å². The molecule has 0 bridgehead atoms. The number of nitrogens with one attached hydrogen (secondary N) is 1. The van der Waals surface area contributed by atoms with Crippen molar-refractivity contribution in [1.82, 2.24) is 5.32 Å². The second-order valence-corrected chi connectivity index (χ2v) is 4.38. The first-order chi connectivity index (χ1) is 7.96. The average molecular weight is 260 g/mol. The zero-order chi connectivity index (χ0) is 12.9. The summed E-state index contributed by atoms with van der Waals surface area (Å²) in [5.41, 5.74) is -3.61. The van der Waals surface area contributed by atoms with E-state index in [1.165, 1.54) is 24.3 Å². The van der Waals surface area contributed by atoms with Crippen LogP contribution in [0.15, 0.2) is 29.2 Å². The van der Waals surface area contributed by atoms with Crippen molar-refractivity contribution in [1.29, 1.82) is 5.26 Å². The van der Waals surface area contributed by atoms with Crippen LogP contribution in [0.1, 0.15) is 18.5 Å². The minimum absolute atomic E-state index is 0.120. The van der Waals surface area contributed by atoms with Crippen LogP contribution in [0, 0.1) is 11.3 Å². The standard InChI is InChI=1S/C11H11F3N2S/c1-2-16-10(7-15)8-3-5-9(6-4-8)17-11(12,13)14/h3-6,10,16H,2H2,1H3. The third kappa shape index (κ3) is 4.67. The molecule has 17 heavy (non-hydrogen) atoms. The van der Waals surface area contributed by atoms with Gasteiger partial charge < -0.3 is 0 Å². The summed E-state index contributed by atoms with van der Waals surface area (Å²) in [5.74, 6) is 0. The normalized spacial score (nSPS) is 13.1. The molecule has 1 atom stereocenters. The summed E-state index contributed by atoms with van der Waals surface area (Å²) < 4.78 is 36.3. The third-order valence-electron chi connectivity index (χ3n) is 1.98. The molecule has 0 spiro atoms. The fraction of sp³-hybridized carbons (Fsp3) is 0.364. The van der Waals surface area contributed by atoms with Gasteiger partial charge in [-0.2, -0.15) is 18.4 Å². The SMILES string of the molecule is CCNC(C#N)c1ccc(SC(F)(F)F)cc1. The van der Waals surface area contributed by atoms with Gasteiger partial charge in [0.15, 0.2) is 0 Å². The largest absolute Gasteiger partial charge is 0.446 e. The maximum absolute atomic E-state index is 12.1. The summed E-state index contributed by atoms with van der Waals surface area (Å²) in [7, 11) is 0. The van der Waals surface area contributed by atoms with Crippen LogP contribution < -0.4 is 5.32 Å². The molecule has 0 radical (unpaired) electrons. The second-order valence-electron chi connectivity index (χ2n) is 3.24. The van der Waals surface area contributed by atoms with Crippen molar-refractivity contribution in [3.8, 4) is 6.07 Å². The minimum atomic E-state index is -4.28. The van der Waals surface area contributed by atoms with Gasteiger partial charge in [-0.05, 0) is 36.0 Å². The fourth-order valence-corrected chi connectivity index (χ4v) is 1.84. The van der Waals surface area contributed by atoms with Crippen LogP contribution in [0.2, 0.25) is 0 Å². The topological polar surface area (TPSA) is 35.8 Å². The number of hydrogen-bond acceptors (Lipinski definition) is 3. The molecule has 6 heteroatoms. The first-order valence-corrected chi connectivity index (χ1v) is 5.76. The summed E-state index contributed by atoms with van der Waals surface area (Å²) in [6, 6.07) is 7.37. The van der Waals surface area contributed by atoms with Crippen LogP contribution in [0.4, 0.5) is 13.2 Å². The van der Waals surface area contributed by atoms with E-state index in [4.69, 9.17) is 5.26 Å². The molecule has 1 N–H and O–H groups in total. The number of nitrogens with zero attached hydrogens (tertiary/aromatic N) is 1. The van der Waals surface area contributed by atoms with Gasteiger partial charge in [0, 0.05) is 4.90 Å². The molecule has 0 amide bonds. The highest BCUT2D eigenvalue weighted by atomic mass is 32.2. The van der Waals surface area contributed by atoms with Crippen molar-refractivity contribution in [2.24, 2.45) is 0 Å². The molecule has 0 aliphatic rings. The Balaban J connectivity index is 2.77. The zero-order valence-corrected chi connectivity index (χ0v) is 9.90. The molecular weight excluding hydrogens is 249 g/mol. The minimum Gasteiger partial charge on any atom is -0.298 e. The Morgan fingerprint density at radius 3 is 2.35 bits per heavy atom. The molecule has 0 saturated carbocycles. The van der Waals surface area contributed by atoms with Gasteiger partial charge >= 0.3 is 5.51 Å². The van der Waals surface area contributed by atoms with E-state index in [-0.39, 0.29) is 16.7 Å². The van der Waals surface area contributed by atoms with Gasteiger partial charge in [-0.1, -0.05) is 19.1 Å². The molecule has 1 unspecified atom stereocenters. The number of rotatable bonds is 4. The van der Waals surface area contributed by atoms with E-state index in [1.807, 2.05) is 13.0 Å². The lowest BCUT2D eigenvalue weighted by Gasteiger charge is -2.11.